The second-order valence-corrected chi connectivity index (χ2v) is 6.98. The summed E-state index contributed by atoms with van der Waals surface area (Å²) in [7, 11) is 0. The largest absolute Gasteiger partial charge is 0.324 e. The van der Waals surface area contributed by atoms with Gasteiger partial charge in [0.15, 0.2) is 0 Å². The molecule has 1 fully saturated rings. The van der Waals surface area contributed by atoms with E-state index >= 15 is 0 Å². The van der Waals surface area contributed by atoms with Gasteiger partial charge in [-0.3, -0.25) is 4.79 Å². The van der Waals surface area contributed by atoms with Gasteiger partial charge in [-0.15, -0.1) is 11.8 Å². The Labute approximate surface area is 114 Å². The first-order valence-electron chi connectivity index (χ1n) is 6.00. The zero-order valence-electron chi connectivity index (χ0n) is 9.46. The van der Waals surface area contributed by atoms with Gasteiger partial charge in [0.05, 0.1) is 10.4 Å². The number of benzene rings is 1. The number of rotatable bonds is 0. The van der Waals surface area contributed by atoms with E-state index in [0.29, 0.717) is 0 Å². The van der Waals surface area contributed by atoms with Crippen LogP contribution >= 0.6 is 27.7 Å². The van der Waals surface area contributed by atoms with Crippen LogP contribution in [-0.4, -0.2) is 10.7 Å². The molecule has 1 heterocycles. The highest BCUT2D eigenvalue weighted by Crippen LogP contribution is 2.51. The van der Waals surface area contributed by atoms with Crippen LogP contribution in [0.15, 0.2) is 27.6 Å². The molecule has 0 aromatic heterocycles. The normalized spacial score (nSPS) is 22.1. The Hall–Kier alpha value is -0.480. The number of nitrogens with one attached hydrogen (secondary N) is 1. The molecular formula is C13H14BrNOS. The summed E-state index contributed by atoms with van der Waals surface area (Å²) >= 11 is 5.34. The summed E-state index contributed by atoms with van der Waals surface area (Å²) in [5, 5.41) is 3.07. The van der Waals surface area contributed by atoms with Crippen LogP contribution in [-0.2, 0) is 4.79 Å². The number of carbonyl (C=O) groups excluding carboxylic acids is 1. The molecule has 1 aliphatic heterocycles. The third kappa shape index (κ3) is 1.91. The van der Waals surface area contributed by atoms with E-state index in [4.69, 9.17) is 0 Å². The van der Waals surface area contributed by atoms with Crippen molar-refractivity contribution in [3.05, 3.63) is 22.7 Å². The quantitative estimate of drug-likeness (QED) is 0.778. The number of thioether (sulfide) groups is 1. The Kier molecular flexibility index (Phi) is 2.95. The minimum atomic E-state index is -0.213. The van der Waals surface area contributed by atoms with Crippen molar-refractivity contribution >= 4 is 39.3 Å². The third-order valence-electron chi connectivity index (χ3n) is 3.59. The van der Waals surface area contributed by atoms with Gasteiger partial charge in [0.25, 0.3) is 0 Å². The van der Waals surface area contributed by atoms with Gasteiger partial charge in [0.1, 0.15) is 0 Å². The number of hydrogen-bond acceptors (Lipinski definition) is 2. The van der Waals surface area contributed by atoms with Crippen molar-refractivity contribution in [2.75, 3.05) is 5.32 Å². The highest BCUT2D eigenvalue weighted by atomic mass is 79.9. The van der Waals surface area contributed by atoms with E-state index < -0.39 is 0 Å². The topological polar surface area (TPSA) is 29.1 Å². The molecule has 0 bridgehead atoms. The Bertz CT molecular complexity index is 468. The van der Waals surface area contributed by atoms with Crippen LogP contribution in [0, 0.1) is 0 Å². The van der Waals surface area contributed by atoms with Crippen molar-refractivity contribution in [2.45, 2.75) is 41.7 Å². The molecule has 2 nitrogen and oxygen atoms in total. The maximum atomic E-state index is 12.3. The SMILES string of the molecule is O=C1Nc2cccc(Br)c2SC12CCCCC2. The van der Waals surface area contributed by atoms with Gasteiger partial charge in [0, 0.05) is 9.37 Å². The lowest BCUT2D eigenvalue weighted by atomic mass is 9.87. The van der Waals surface area contributed by atoms with Gasteiger partial charge in [-0.1, -0.05) is 25.3 Å². The van der Waals surface area contributed by atoms with E-state index in [1.165, 1.54) is 24.2 Å². The zero-order chi connectivity index (χ0) is 11.9. The van der Waals surface area contributed by atoms with Crippen LogP contribution in [0.25, 0.3) is 0 Å². The molecule has 2 aliphatic rings. The highest BCUT2D eigenvalue weighted by Gasteiger charge is 2.44. The minimum Gasteiger partial charge on any atom is -0.324 e. The van der Waals surface area contributed by atoms with Gasteiger partial charge in [-0.2, -0.15) is 0 Å². The Morgan fingerprint density at radius 1 is 1.24 bits per heavy atom. The lowest BCUT2D eigenvalue weighted by molar-refractivity contribution is -0.119. The first kappa shape index (κ1) is 11.6. The molecule has 1 spiro atoms. The number of anilines is 1. The second-order valence-electron chi connectivity index (χ2n) is 4.73. The van der Waals surface area contributed by atoms with Crippen LogP contribution in [0.4, 0.5) is 5.69 Å². The summed E-state index contributed by atoms with van der Waals surface area (Å²) < 4.78 is 0.875. The fourth-order valence-corrected chi connectivity index (χ4v) is 4.67. The van der Waals surface area contributed by atoms with E-state index in [1.807, 2.05) is 18.2 Å². The summed E-state index contributed by atoms with van der Waals surface area (Å²) in [6, 6.07) is 5.98. The van der Waals surface area contributed by atoms with E-state index in [1.54, 1.807) is 11.8 Å². The maximum Gasteiger partial charge on any atom is 0.241 e. The number of halogens is 1. The molecular weight excluding hydrogens is 298 g/mol. The predicted octanol–water partition coefficient (Wildman–Crippen LogP) is 4.20. The molecule has 4 heteroatoms. The molecule has 90 valence electrons. The number of amides is 1. The van der Waals surface area contributed by atoms with Crippen molar-refractivity contribution < 1.29 is 4.79 Å². The molecule has 0 unspecified atom stereocenters. The Morgan fingerprint density at radius 3 is 2.76 bits per heavy atom. The average Bonchev–Trinajstić information content (AvgIpc) is 2.34. The van der Waals surface area contributed by atoms with Gasteiger partial charge >= 0.3 is 0 Å². The Morgan fingerprint density at radius 2 is 2.00 bits per heavy atom. The molecule has 1 amide bonds. The third-order valence-corrected chi connectivity index (χ3v) is 6.14. The van der Waals surface area contributed by atoms with Gasteiger partial charge in [-0.05, 0) is 40.9 Å². The summed E-state index contributed by atoms with van der Waals surface area (Å²) in [4.78, 5) is 13.5. The first-order valence-corrected chi connectivity index (χ1v) is 7.61. The summed E-state index contributed by atoms with van der Waals surface area (Å²) in [6.07, 6.45) is 5.60. The monoisotopic (exact) mass is 311 g/mol. The zero-order valence-corrected chi connectivity index (χ0v) is 11.9. The van der Waals surface area contributed by atoms with Gasteiger partial charge < -0.3 is 5.32 Å². The predicted molar refractivity (Wildman–Crippen MR) is 74.4 cm³/mol. The fraction of sp³-hybridized carbons (Fsp3) is 0.462. The van der Waals surface area contributed by atoms with Crippen molar-refractivity contribution in [3.63, 3.8) is 0 Å². The summed E-state index contributed by atoms with van der Waals surface area (Å²) in [5.41, 5.74) is 0.950. The average molecular weight is 312 g/mol. The standard InChI is InChI=1S/C13H14BrNOS/c14-9-5-4-6-10-11(9)17-13(12(16)15-10)7-2-1-3-8-13/h4-6H,1-3,7-8H2,(H,15,16). The van der Waals surface area contributed by atoms with Crippen molar-refractivity contribution in [1.29, 1.82) is 0 Å². The lowest BCUT2D eigenvalue weighted by Crippen LogP contribution is -2.44. The van der Waals surface area contributed by atoms with E-state index in [0.717, 1.165) is 23.0 Å². The van der Waals surface area contributed by atoms with Gasteiger partial charge in [0.2, 0.25) is 5.91 Å². The van der Waals surface area contributed by atoms with Crippen molar-refractivity contribution in [3.8, 4) is 0 Å². The van der Waals surface area contributed by atoms with E-state index in [-0.39, 0.29) is 10.7 Å². The van der Waals surface area contributed by atoms with Crippen LogP contribution in [0.5, 0.6) is 0 Å². The van der Waals surface area contributed by atoms with E-state index in [9.17, 15) is 4.79 Å². The number of fused-ring (bicyclic) bond motifs is 1. The molecule has 0 saturated heterocycles. The van der Waals surface area contributed by atoms with E-state index in [2.05, 4.69) is 21.2 Å². The van der Waals surface area contributed by atoms with Gasteiger partial charge in [-0.25, -0.2) is 0 Å². The summed E-state index contributed by atoms with van der Waals surface area (Å²) in [6.45, 7) is 0. The first-order chi connectivity index (χ1) is 8.21. The van der Waals surface area contributed by atoms with Crippen LogP contribution in [0.3, 0.4) is 0 Å². The Balaban J connectivity index is 2.01. The molecule has 17 heavy (non-hydrogen) atoms. The second kappa shape index (κ2) is 4.32. The summed E-state index contributed by atoms with van der Waals surface area (Å²) in [5.74, 6) is 0.202. The molecule has 1 saturated carbocycles. The van der Waals surface area contributed by atoms with Crippen LogP contribution in [0.2, 0.25) is 0 Å². The molecule has 1 aliphatic carbocycles. The number of hydrogen-bond donors (Lipinski definition) is 1. The van der Waals surface area contributed by atoms with Crippen molar-refractivity contribution in [2.24, 2.45) is 0 Å². The molecule has 1 aromatic carbocycles. The highest BCUT2D eigenvalue weighted by molar-refractivity contribution is 9.10. The molecule has 1 aromatic rings. The lowest BCUT2D eigenvalue weighted by Gasteiger charge is -2.39. The maximum absolute atomic E-state index is 12.3. The molecule has 0 radical (unpaired) electrons. The number of carbonyl (C=O) groups is 1. The van der Waals surface area contributed by atoms with Crippen LogP contribution < -0.4 is 5.32 Å². The molecule has 3 rings (SSSR count). The minimum absolute atomic E-state index is 0.202. The molecule has 1 N–H and O–H groups in total. The van der Waals surface area contributed by atoms with Crippen molar-refractivity contribution in [1.82, 2.24) is 0 Å². The molecule has 0 atom stereocenters. The smallest absolute Gasteiger partial charge is 0.241 e. The van der Waals surface area contributed by atoms with Crippen LogP contribution in [0.1, 0.15) is 32.1 Å². The fourth-order valence-electron chi connectivity index (χ4n) is 2.64.